The van der Waals surface area contributed by atoms with Gasteiger partial charge in [0, 0.05) is 30.4 Å². The topological polar surface area (TPSA) is 36.0 Å². The Bertz CT molecular complexity index is 837. The van der Waals surface area contributed by atoms with Crippen LogP contribution in [0.3, 0.4) is 0 Å². The Morgan fingerprint density at radius 3 is 2.30 bits per heavy atom. The highest BCUT2D eigenvalue weighted by atomic mass is 32.2. The number of hydrogen-bond donors (Lipinski definition) is 0. The molecule has 0 bridgehead atoms. The molecule has 2 heterocycles. The third-order valence-corrected chi connectivity index (χ3v) is 7.75. The lowest BCUT2D eigenvalue weighted by atomic mass is 9.92. The lowest BCUT2D eigenvalue weighted by Crippen LogP contribution is -2.47. The maximum absolute atomic E-state index is 12.8. The molecule has 33 heavy (non-hydrogen) atoms. The zero-order valence-electron chi connectivity index (χ0n) is 19.8. The molecule has 1 amide bonds. The molecule has 2 fully saturated rings. The number of benzene rings is 2. The summed E-state index contributed by atoms with van der Waals surface area (Å²) >= 11 is 1.81. The van der Waals surface area contributed by atoms with E-state index in [0.717, 1.165) is 58.5 Å². The highest BCUT2D eigenvalue weighted by Crippen LogP contribution is 2.28. The van der Waals surface area contributed by atoms with Crippen LogP contribution in [0.1, 0.15) is 30.7 Å². The summed E-state index contributed by atoms with van der Waals surface area (Å²) in [7, 11) is 2.19. The average Bonchev–Trinajstić information content (AvgIpc) is 2.88. The number of likely N-dealkylation sites (tertiary alicyclic amines) is 1. The molecule has 0 radical (unpaired) electrons. The lowest BCUT2D eigenvalue weighted by molar-refractivity contribution is -0.141. The van der Waals surface area contributed by atoms with E-state index in [-0.39, 0.29) is 5.92 Å². The largest absolute Gasteiger partial charge is 0.378 e. The molecule has 0 aliphatic carbocycles. The van der Waals surface area contributed by atoms with Gasteiger partial charge in [0.25, 0.3) is 0 Å². The first-order chi connectivity index (χ1) is 16.2. The van der Waals surface area contributed by atoms with Crippen LogP contribution in [0.4, 0.5) is 0 Å². The number of piperidine rings is 1. The smallest absolute Gasteiger partial charge is 0.225 e. The molecule has 2 aromatic carbocycles. The predicted octanol–water partition coefficient (Wildman–Crippen LogP) is 4.37. The third kappa shape index (κ3) is 7.31. The van der Waals surface area contributed by atoms with Crippen LogP contribution in [0, 0.1) is 5.92 Å². The third-order valence-electron chi connectivity index (χ3n) is 6.81. The number of amides is 1. The Kier molecular flexibility index (Phi) is 9.24. The van der Waals surface area contributed by atoms with Crippen LogP contribution in [0.2, 0.25) is 0 Å². The molecule has 1 unspecified atom stereocenters. The van der Waals surface area contributed by atoms with Gasteiger partial charge < -0.3 is 14.5 Å². The molecular weight excluding hydrogens is 430 g/mol. The van der Waals surface area contributed by atoms with E-state index in [9.17, 15) is 4.79 Å². The van der Waals surface area contributed by atoms with Crippen LogP contribution in [0.15, 0.2) is 65.6 Å². The van der Waals surface area contributed by atoms with E-state index in [4.69, 9.17) is 4.74 Å². The molecule has 2 aliphatic rings. The van der Waals surface area contributed by atoms with Crippen LogP contribution in [0.5, 0.6) is 0 Å². The van der Waals surface area contributed by atoms with Crippen LogP contribution in [-0.2, 0) is 9.53 Å². The first-order valence-corrected chi connectivity index (χ1v) is 13.0. The van der Waals surface area contributed by atoms with E-state index in [1.165, 1.54) is 10.5 Å². The molecule has 5 nitrogen and oxygen atoms in total. The second-order valence-electron chi connectivity index (χ2n) is 9.16. The minimum absolute atomic E-state index is 0.192. The van der Waals surface area contributed by atoms with Crippen molar-refractivity contribution < 1.29 is 9.53 Å². The molecule has 0 N–H and O–H groups in total. The van der Waals surface area contributed by atoms with Crippen molar-refractivity contribution in [3.05, 3.63) is 66.2 Å². The summed E-state index contributed by atoms with van der Waals surface area (Å²) in [5.74, 6) is 1.03. The second kappa shape index (κ2) is 12.6. The van der Waals surface area contributed by atoms with E-state index in [2.05, 4.69) is 76.9 Å². The van der Waals surface area contributed by atoms with E-state index in [1.54, 1.807) is 0 Å². The molecular formula is C27H37N3O2S. The van der Waals surface area contributed by atoms with Crippen molar-refractivity contribution in [2.75, 3.05) is 59.5 Å². The molecule has 1 atom stereocenters. The van der Waals surface area contributed by atoms with Gasteiger partial charge in [-0.1, -0.05) is 48.5 Å². The van der Waals surface area contributed by atoms with Gasteiger partial charge in [-0.25, -0.2) is 4.31 Å². The second-order valence-corrected chi connectivity index (χ2v) is 10.4. The Balaban J connectivity index is 1.28. The fourth-order valence-corrected chi connectivity index (χ4v) is 5.77. The maximum Gasteiger partial charge on any atom is 0.225 e. The van der Waals surface area contributed by atoms with Crippen molar-refractivity contribution in [2.24, 2.45) is 5.92 Å². The number of hydrogen-bond acceptors (Lipinski definition) is 5. The van der Waals surface area contributed by atoms with Gasteiger partial charge in [-0.15, -0.1) is 0 Å². The standard InChI is InChI=1S/C27H37N3O2S/c1-28(33-26-10-6-3-7-11-26)22-25(23-8-4-2-5-9-23)14-17-29-15-12-24(13-16-29)27(31)30-18-20-32-21-19-30/h2-11,24-25H,12-22H2,1H3. The summed E-state index contributed by atoms with van der Waals surface area (Å²) in [6.45, 7) is 7.02. The van der Waals surface area contributed by atoms with Crippen molar-refractivity contribution in [1.29, 1.82) is 0 Å². The molecule has 0 aromatic heterocycles. The molecule has 2 aliphatic heterocycles. The molecule has 0 saturated carbocycles. The van der Waals surface area contributed by atoms with Crippen LogP contribution < -0.4 is 0 Å². The Morgan fingerprint density at radius 1 is 1.00 bits per heavy atom. The van der Waals surface area contributed by atoms with Crippen LogP contribution >= 0.6 is 11.9 Å². The average molecular weight is 468 g/mol. The van der Waals surface area contributed by atoms with Gasteiger partial charge in [-0.2, -0.15) is 0 Å². The van der Waals surface area contributed by atoms with E-state index < -0.39 is 0 Å². The number of carbonyl (C=O) groups is 1. The zero-order chi connectivity index (χ0) is 22.9. The van der Waals surface area contributed by atoms with Gasteiger partial charge in [0.1, 0.15) is 0 Å². The van der Waals surface area contributed by atoms with Gasteiger partial charge in [0.2, 0.25) is 5.91 Å². The van der Waals surface area contributed by atoms with Crippen molar-refractivity contribution in [1.82, 2.24) is 14.1 Å². The van der Waals surface area contributed by atoms with Gasteiger partial charge >= 0.3 is 0 Å². The number of carbonyl (C=O) groups excluding carboxylic acids is 1. The molecule has 2 saturated heterocycles. The highest BCUT2D eigenvalue weighted by molar-refractivity contribution is 7.97. The van der Waals surface area contributed by atoms with Crippen molar-refractivity contribution in [2.45, 2.75) is 30.1 Å². The summed E-state index contributed by atoms with van der Waals surface area (Å²) in [5, 5.41) is 0. The van der Waals surface area contributed by atoms with Gasteiger partial charge in [0.15, 0.2) is 0 Å². The van der Waals surface area contributed by atoms with E-state index >= 15 is 0 Å². The normalized spacial score (nSPS) is 19.0. The minimum atomic E-state index is 0.192. The Morgan fingerprint density at radius 2 is 1.64 bits per heavy atom. The number of morpholine rings is 1. The summed E-state index contributed by atoms with van der Waals surface area (Å²) in [4.78, 5) is 18.7. The molecule has 2 aromatic rings. The Labute approximate surface area is 203 Å². The minimum Gasteiger partial charge on any atom is -0.378 e. The predicted molar refractivity (Wildman–Crippen MR) is 135 cm³/mol. The lowest BCUT2D eigenvalue weighted by Gasteiger charge is -2.36. The molecule has 4 rings (SSSR count). The fourth-order valence-electron chi connectivity index (χ4n) is 4.88. The SMILES string of the molecule is CN(CC(CCN1CCC(C(=O)N2CCOCC2)CC1)c1ccccc1)Sc1ccccc1. The number of likely N-dealkylation sites (N-methyl/N-ethyl adjacent to an activating group) is 1. The van der Waals surface area contributed by atoms with Gasteiger partial charge in [-0.3, -0.25) is 4.79 Å². The van der Waals surface area contributed by atoms with E-state index in [0.29, 0.717) is 25.0 Å². The first kappa shape index (κ1) is 24.3. The van der Waals surface area contributed by atoms with Crippen molar-refractivity contribution >= 4 is 17.9 Å². The zero-order valence-corrected chi connectivity index (χ0v) is 20.6. The van der Waals surface area contributed by atoms with Crippen molar-refractivity contribution in [3.63, 3.8) is 0 Å². The number of ether oxygens (including phenoxy) is 1. The van der Waals surface area contributed by atoms with Crippen LogP contribution in [0.25, 0.3) is 0 Å². The van der Waals surface area contributed by atoms with E-state index in [1.807, 2.05) is 16.8 Å². The number of nitrogens with zero attached hydrogens (tertiary/aromatic N) is 3. The molecule has 0 spiro atoms. The maximum atomic E-state index is 12.8. The Hall–Kier alpha value is -1.86. The highest BCUT2D eigenvalue weighted by Gasteiger charge is 2.29. The summed E-state index contributed by atoms with van der Waals surface area (Å²) in [6.07, 6.45) is 3.09. The summed E-state index contributed by atoms with van der Waals surface area (Å²) in [5.41, 5.74) is 1.41. The summed E-state index contributed by atoms with van der Waals surface area (Å²) < 4.78 is 7.76. The molecule has 6 heteroatoms. The number of rotatable bonds is 9. The van der Waals surface area contributed by atoms with Crippen LogP contribution in [-0.4, -0.2) is 79.5 Å². The fraction of sp³-hybridized carbons (Fsp3) is 0.519. The first-order valence-electron chi connectivity index (χ1n) is 12.3. The van der Waals surface area contributed by atoms with Gasteiger partial charge in [-0.05, 0) is 81.5 Å². The quantitative estimate of drug-likeness (QED) is 0.512. The molecule has 178 valence electrons. The summed E-state index contributed by atoms with van der Waals surface area (Å²) in [6, 6.07) is 21.5. The van der Waals surface area contributed by atoms with Crippen molar-refractivity contribution in [3.8, 4) is 0 Å². The van der Waals surface area contributed by atoms with Gasteiger partial charge in [0.05, 0.1) is 13.2 Å². The monoisotopic (exact) mass is 467 g/mol.